The lowest BCUT2D eigenvalue weighted by molar-refractivity contribution is -0.141. The second kappa shape index (κ2) is 12.8. The Morgan fingerprint density at radius 2 is 1.56 bits per heavy atom. The maximum Gasteiger partial charge on any atom is 0.323 e. The molecule has 25 heavy (non-hydrogen) atoms. The summed E-state index contributed by atoms with van der Waals surface area (Å²) in [7, 11) is 0. The van der Waals surface area contributed by atoms with Gasteiger partial charge < -0.3 is 42.6 Å². The van der Waals surface area contributed by atoms with Gasteiger partial charge in [0.05, 0.1) is 12.4 Å². The van der Waals surface area contributed by atoms with E-state index in [-0.39, 0.29) is 6.42 Å². The first-order valence-corrected chi connectivity index (χ1v) is 7.00. The quantitative estimate of drug-likeness (QED) is 0.264. The molecule has 144 valence electrons. The van der Waals surface area contributed by atoms with Crippen molar-refractivity contribution < 1.29 is 34.8 Å². The van der Waals surface area contributed by atoms with Gasteiger partial charge in [-0.3, -0.25) is 14.4 Å². The molecule has 11 N–H and O–H groups in total. The number of carboxylic acid groups (broad SMARTS) is 3. The predicted octanol–water partition coefficient (Wildman–Crippen LogP) is -2.44. The van der Waals surface area contributed by atoms with Gasteiger partial charge in [0, 0.05) is 18.3 Å². The Labute approximate surface area is 143 Å². The van der Waals surface area contributed by atoms with Crippen molar-refractivity contribution in [1.82, 2.24) is 9.97 Å². The molecule has 1 heterocycles. The van der Waals surface area contributed by atoms with E-state index in [1.165, 1.54) is 20.2 Å². The van der Waals surface area contributed by atoms with Crippen LogP contribution in [0.1, 0.15) is 19.5 Å². The van der Waals surface area contributed by atoms with E-state index in [4.69, 9.17) is 37.6 Å². The molecule has 12 nitrogen and oxygen atoms in total. The van der Waals surface area contributed by atoms with Crippen molar-refractivity contribution in [3.05, 3.63) is 18.2 Å². The van der Waals surface area contributed by atoms with Crippen molar-refractivity contribution in [1.29, 1.82) is 0 Å². The SMILES string of the molecule is CC(N)C(=O)O.CC(O)C(N)C(=O)O.NC(Cc1cnc[nH]1)C(=O)O. The normalized spacial score (nSPS) is 14.5. The van der Waals surface area contributed by atoms with Crippen molar-refractivity contribution >= 4 is 17.9 Å². The molecular weight excluding hydrogens is 338 g/mol. The average molecular weight is 363 g/mol. The second-order valence-corrected chi connectivity index (χ2v) is 4.96. The summed E-state index contributed by atoms with van der Waals surface area (Å²) in [6, 6.07) is -2.74. The number of hydrogen-bond acceptors (Lipinski definition) is 8. The van der Waals surface area contributed by atoms with E-state index in [0.29, 0.717) is 0 Å². The molecule has 0 bridgehead atoms. The summed E-state index contributed by atoms with van der Waals surface area (Å²) >= 11 is 0. The fourth-order valence-corrected chi connectivity index (χ4v) is 0.927. The number of nitrogens with two attached hydrogens (primary N) is 3. The highest BCUT2D eigenvalue weighted by Crippen LogP contribution is 1.95. The zero-order chi connectivity index (χ0) is 20.2. The van der Waals surface area contributed by atoms with Gasteiger partial charge in [-0.15, -0.1) is 0 Å². The Kier molecular flexibility index (Phi) is 12.7. The molecule has 0 aliphatic heterocycles. The first kappa shape index (κ1) is 24.7. The van der Waals surface area contributed by atoms with Crippen molar-refractivity contribution in [2.24, 2.45) is 17.2 Å². The number of carboxylic acids is 3. The Morgan fingerprint density at radius 3 is 1.76 bits per heavy atom. The molecular formula is C13H25N5O7. The van der Waals surface area contributed by atoms with E-state index >= 15 is 0 Å². The molecule has 0 fully saturated rings. The third-order valence-electron chi connectivity index (χ3n) is 2.51. The van der Waals surface area contributed by atoms with Crippen LogP contribution in [-0.4, -0.2) is 72.5 Å². The van der Waals surface area contributed by atoms with E-state index in [2.05, 4.69) is 9.97 Å². The van der Waals surface area contributed by atoms with E-state index in [9.17, 15) is 14.4 Å². The monoisotopic (exact) mass is 363 g/mol. The predicted molar refractivity (Wildman–Crippen MR) is 86.5 cm³/mol. The number of aromatic nitrogens is 2. The van der Waals surface area contributed by atoms with E-state index in [1.54, 1.807) is 6.20 Å². The van der Waals surface area contributed by atoms with Gasteiger partial charge in [0.2, 0.25) is 0 Å². The first-order chi connectivity index (χ1) is 11.4. The molecule has 0 aliphatic rings. The highest BCUT2D eigenvalue weighted by atomic mass is 16.4. The summed E-state index contributed by atoms with van der Waals surface area (Å²) in [5.41, 5.74) is 15.7. The molecule has 0 saturated carbocycles. The number of aliphatic hydroxyl groups excluding tert-OH is 1. The van der Waals surface area contributed by atoms with Crippen molar-refractivity contribution in [2.45, 2.75) is 44.5 Å². The molecule has 0 aromatic carbocycles. The molecule has 4 unspecified atom stereocenters. The molecule has 0 aliphatic carbocycles. The lowest BCUT2D eigenvalue weighted by atomic mass is 10.2. The summed E-state index contributed by atoms with van der Waals surface area (Å²) in [6.07, 6.45) is 2.36. The topological polar surface area (TPSA) is 239 Å². The largest absolute Gasteiger partial charge is 0.480 e. The molecule has 0 spiro atoms. The van der Waals surface area contributed by atoms with Gasteiger partial charge in [-0.2, -0.15) is 0 Å². The average Bonchev–Trinajstić information content (AvgIpc) is 3.00. The van der Waals surface area contributed by atoms with Crippen LogP contribution in [0.2, 0.25) is 0 Å². The maximum atomic E-state index is 10.3. The number of aromatic amines is 1. The number of H-pyrrole nitrogens is 1. The lowest BCUT2D eigenvalue weighted by Gasteiger charge is -2.06. The molecule has 0 saturated heterocycles. The second-order valence-electron chi connectivity index (χ2n) is 4.96. The van der Waals surface area contributed by atoms with E-state index in [1.807, 2.05) is 0 Å². The van der Waals surface area contributed by atoms with Gasteiger partial charge in [0.1, 0.15) is 18.1 Å². The van der Waals surface area contributed by atoms with Crippen molar-refractivity contribution in [3.8, 4) is 0 Å². The summed E-state index contributed by atoms with van der Waals surface area (Å²) < 4.78 is 0. The Morgan fingerprint density at radius 1 is 1.08 bits per heavy atom. The number of hydrogen-bond donors (Lipinski definition) is 8. The molecule has 12 heteroatoms. The van der Waals surface area contributed by atoms with Crippen LogP contribution >= 0.6 is 0 Å². The van der Waals surface area contributed by atoms with Crippen LogP contribution in [0.3, 0.4) is 0 Å². The number of aliphatic carboxylic acids is 3. The van der Waals surface area contributed by atoms with Gasteiger partial charge >= 0.3 is 17.9 Å². The molecule has 0 amide bonds. The lowest BCUT2D eigenvalue weighted by Crippen LogP contribution is -2.39. The van der Waals surface area contributed by atoms with Crippen LogP contribution < -0.4 is 17.2 Å². The fourth-order valence-electron chi connectivity index (χ4n) is 0.927. The van der Waals surface area contributed by atoms with Crippen LogP contribution in [0.5, 0.6) is 0 Å². The van der Waals surface area contributed by atoms with Gasteiger partial charge in [-0.25, -0.2) is 4.98 Å². The molecule has 1 aromatic heterocycles. The maximum absolute atomic E-state index is 10.3. The highest BCUT2D eigenvalue weighted by molar-refractivity contribution is 5.74. The molecule has 1 aromatic rings. The standard InChI is InChI=1S/C6H9N3O2.C4H9NO3.C3H7NO2/c7-5(6(10)11)1-4-2-8-3-9-4;1-2(6)3(5)4(7)8;1-2(4)3(5)6/h2-3,5H,1,7H2,(H,8,9)(H,10,11);2-3,6H,5H2,1H3,(H,7,8);2H,4H2,1H3,(H,5,6). The van der Waals surface area contributed by atoms with Gasteiger partial charge in [0.15, 0.2) is 0 Å². The Hall–Kier alpha value is -2.54. The zero-order valence-electron chi connectivity index (χ0n) is 13.9. The summed E-state index contributed by atoms with van der Waals surface area (Å²) in [4.78, 5) is 36.2. The minimum Gasteiger partial charge on any atom is -0.480 e. The number of aliphatic hydroxyl groups is 1. The zero-order valence-corrected chi connectivity index (χ0v) is 13.9. The van der Waals surface area contributed by atoms with Crippen LogP contribution in [0.15, 0.2) is 12.5 Å². The number of imidazole rings is 1. The molecule has 4 atom stereocenters. The third-order valence-corrected chi connectivity index (χ3v) is 2.51. The Balaban J connectivity index is 0. The number of nitrogens with zero attached hydrogens (tertiary/aromatic N) is 1. The van der Waals surface area contributed by atoms with Crippen LogP contribution in [-0.2, 0) is 20.8 Å². The number of carbonyl (C=O) groups is 3. The smallest absolute Gasteiger partial charge is 0.323 e. The number of nitrogens with one attached hydrogen (secondary N) is 1. The summed E-state index contributed by atoms with van der Waals surface area (Å²) in [5, 5.41) is 32.8. The fraction of sp³-hybridized carbons (Fsp3) is 0.538. The van der Waals surface area contributed by atoms with Gasteiger partial charge in [0.25, 0.3) is 0 Å². The third kappa shape index (κ3) is 13.6. The minimum absolute atomic E-state index is 0.287. The Bertz CT molecular complexity index is 519. The van der Waals surface area contributed by atoms with Gasteiger partial charge in [-0.1, -0.05) is 0 Å². The highest BCUT2D eigenvalue weighted by Gasteiger charge is 2.16. The minimum atomic E-state index is -1.18. The molecule has 1 rings (SSSR count). The first-order valence-electron chi connectivity index (χ1n) is 7.00. The summed E-state index contributed by atoms with van der Waals surface area (Å²) in [5.74, 6) is -3.14. The van der Waals surface area contributed by atoms with E-state index in [0.717, 1.165) is 5.69 Å². The number of rotatable bonds is 6. The van der Waals surface area contributed by atoms with Crippen LogP contribution in [0.25, 0.3) is 0 Å². The van der Waals surface area contributed by atoms with Crippen LogP contribution in [0.4, 0.5) is 0 Å². The van der Waals surface area contributed by atoms with Crippen LogP contribution in [0, 0.1) is 0 Å². The molecule has 0 radical (unpaired) electrons. The van der Waals surface area contributed by atoms with E-state index < -0.39 is 42.1 Å². The summed E-state index contributed by atoms with van der Waals surface area (Å²) in [6.45, 7) is 2.75. The van der Waals surface area contributed by atoms with Crippen molar-refractivity contribution in [2.75, 3.05) is 0 Å². The van der Waals surface area contributed by atoms with Crippen molar-refractivity contribution in [3.63, 3.8) is 0 Å². The van der Waals surface area contributed by atoms with Gasteiger partial charge in [-0.05, 0) is 13.8 Å².